The van der Waals surface area contributed by atoms with Gasteiger partial charge in [0.25, 0.3) is 0 Å². The van der Waals surface area contributed by atoms with Crippen LogP contribution < -0.4 is 5.32 Å². The molecule has 0 spiro atoms. The SMILES string of the molecule is O=C(NCCc1nc2ccc(F)cc2[nH]1)N1CCCCCCC1. The molecule has 1 aromatic carbocycles. The number of nitrogens with zero attached hydrogens (tertiary/aromatic N) is 2. The quantitative estimate of drug-likeness (QED) is 0.913. The molecule has 5 nitrogen and oxygen atoms in total. The Kier molecular flexibility index (Phi) is 5.10. The third kappa shape index (κ3) is 4.21. The number of hydrogen-bond donors (Lipinski definition) is 2. The van der Waals surface area contributed by atoms with Gasteiger partial charge in [-0.1, -0.05) is 19.3 Å². The largest absolute Gasteiger partial charge is 0.342 e. The number of carbonyl (C=O) groups is 1. The Balaban J connectivity index is 1.50. The van der Waals surface area contributed by atoms with Gasteiger partial charge in [-0.25, -0.2) is 14.2 Å². The zero-order chi connectivity index (χ0) is 16.1. The molecule has 0 saturated carbocycles. The summed E-state index contributed by atoms with van der Waals surface area (Å²) >= 11 is 0. The number of amides is 2. The number of nitrogens with one attached hydrogen (secondary N) is 2. The summed E-state index contributed by atoms with van der Waals surface area (Å²) in [6, 6.07) is 4.50. The van der Waals surface area contributed by atoms with E-state index in [-0.39, 0.29) is 11.8 Å². The fraction of sp³-hybridized carbons (Fsp3) is 0.529. The van der Waals surface area contributed by atoms with E-state index in [1.807, 2.05) is 4.90 Å². The molecule has 0 aliphatic carbocycles. The number of likely N-dealkylation sites (tertiary alicyclic amines) is 1. The Labute approximate surface area is 135 Å². The van der Waals surface area contributed by atoms with Gasteiger partial charge < -0.3 is 15.2 Å². The molecule has 1 aliphatic rings. The normalized spacial score (nSPS) is 16.1. The summed E-state index contributed by atoms with van der Waals surface area (Å²) in [6.07, 6.45) is 6.47. The molecule has 0 atom stereocenters. The van der Waals surface area contributed by atoms with Crippen molar-refractivity contribution in [1.29, 1.82) is 0 Å². The van der Waals surface area contributed by atoms with E-state index in [1.54, 1.807) is 6.07 Å². The first kappa shape index (κ1) is 15.8. The lowest BCUT2D eigenvalue weighted by Crippen LogP contribution is -2.42. The van der Waals surface area contributed by atoms with Gasteiger partial charge in [0.15, 0.2) is 0 Å². The molecule has 2 amide bonds. The van der Waals surface area contributed by atoms with Gasteiger partial charge in [-0.2, -0.15) is 0 Å². The van der Waals surface area contributed by atoms with Gasteiger partial charge in [-0.15, -0.1) is 0 Å². The zero-order valence-corrected chi connectivity index (χ0v) is 13.3. The number of hydrogen-bond acceptors (Lipinski definition) is 2. The van der Waals surface area contributed by atoms with Crippen LogP contribution in [0, 0.1) is 5.82 Å². The average molecular weight is 318 g/mol. The molecule has 2 N–H and O–H groups in total. The standard InChI is InChI=1S/C17H23FN4O/c18-13-6-7-14-15(12-13)21-16(20-14)8-9-19-17(23)22-10-4-2-1-3-5-11-22/h6-7,12H,1-5,8-11H2,(H,19,23)(H,20,21). The van der Waals surface area contributed by atoms with Crippen molar-refractivity contribution in [3.8, 4) is 0 Å². The molecule has 2 aromatic rings. The fourth-order valence-corrected chi connectivity index (χ4v) is 3.00. The topological polar surface area (TPSA) is 61.0 Å². The van der Waals surface area contributed by atoms with Crippen LogP contribution >= 0.6 is 0 Å². The first-order valence-corrected chi connectivity index (χ1v) is 8.39. The van der Waals surface area contributed by atoms with Crippen LogP contribution in [0.5, 0.6) is 0 Å². The maximum Gasteiger partial charge on any atom is 0.317 e. The predicted molar refractivity (Wildman–Crippen MR) is 87.8 cm³/mol. The fourth-order valence-electron chi connectivity index (χ4n) is 3.00. The molecule has 1 fully saturated rings. The Bertz CT molecular complexity index is 662. The third-order valence-corrected chi connectivity index (χ3v) is 4.27. The maximum atomic E-state index is 13.2. The van der Waals surface area contributed by atoms with Crippen molar-refractivity contribution >= 4 is 17.1 Å². The van der Waals surface area contributed by atoms with Crippen molar-refractivity contribution in [2.75, 3.05) is 19.6 Å². The molecule has 1 aliphatic heterocycles. The van der Waals surface area contributed by atoms with Crippen molar-refractivity contribution < 1.29 is 9.18 Å². The molecule has 23 heavy (non-hydrogen) atoms. The number of imidazole rings is 1. The van der Waals surface area contributed by atoms with Crippen molar-refractivity contribution in [2.24, 2.45) is 0 Å². The molecule has 1 aromatic heterocycles. The van der Waals surface area contributed by atoms with Crippen LogP contribution in [0.2, 0.25) is 0 Å². The highest BCUT2D eigenvalue weighted by Crippen LogP contribution is 2.13. The van der Waals surface area contributed by atoms with E-state index >= 15 is 0 Å². The zero-order valence-electron chi connectivity index (χ0n) is 13.3. The highest BCUT2D eigenvalue weighted by atomic mass is 19.1. The molecule has 3 rings (SSSR count). The van der Waals surface area contributed by atoms with Gasteiger partial charge in [0.2, 0.25) is 0 Å². The number of aromatic amines is 1. The average Bonchev–Trinajstić information content (AvgIpc) is 2.88. The van der Waals surface area contributed by atoms with E-state index in [2.05, 4.69) is 15.3 Å². The molecule has 6 heteroatoms. The molecule has 1 saturated heterocycles. The lowest BCUT2D eigenvalue weighted by Gasteiger charge is -2.24. The number of halogens is 1. The molecule has 2 heterocycles. The van der Waals surface area contributed by atoms with Crippen LogP contribution in [0.4, 0.5) is 9.18 Å². The number of rotatable bonds is 3. The van der Waals surface area contributed by atoms with Crippen molar-refractivity contribution in [2.45, 2.75) is 38.5 Å². The van der Waals surface area contributed by atoms with Crippen LogP contribution in [0.25, 0.3) is 11.0 Å². The number of H-pyrrole nitrogens is 1. The van der Waals surface area contributed by atoms with Gasteiger partial charge in [0, 0.05) is 26.1 Å². The lowest BCUT2D eigenvalue weighted by molar-refractivity contribution is 0.192. The van der Waals surface area contributed by atoms with E-state index in [0.29, 0.717) is 18.5 Å². The van der Waals surface area contributed by atoms with Crippen molar-refractivity contribution in [1.82, 2.24) is 20.2 Å². The molecular formula is C17H23FN4O. The van der Waals surface area contributed by atoms with Gasteiger partial charge in [-0.05, 0) is 31.0 Å². The van der Waals surface area contributed by atoms with Crippen molar-refractivity contribution in [3.05, 3.63) is 29.8 Å². The number of aromatic nitrogens is 2. The number of carbonyl (C=O) groups excluding carboxylic acids is 1. The van der Waals surface area contributed by atoms with E-state index < -0.39 is 0 Å². The first-order chi connectivity index (χ1) is 11.2. The second-order valence-electron chi connectivity index (χ2n) is 6.08. The third-order valence-electron chi connectivity index (χ3n) is 4.27. The number of urea groups is 1. The highest BCUT2D eigenvalue weighted by Gasteiger charge is 2.14. The lowest BCUT2D eigenvalue weighted by atomic mass is 10.1. The van der Waals surface area contributed by atoms with E-state index in [1.165, 1.54) is 31.4 Å². The Morgan fingerprint density at radius 2 is 1.96 bits per heavy atom. The smallest absolute Gasteiger partial charge is 0.317 e. The summed E-state index contributed by atoms with van der Waals surface area (Å²) in [7, 11) is 0. The van der Waals surface area contributed by atoms with Crippen LogP contribution in [-0.2, 0) is 6.42 Å². The van der Waals surface area contributed by atoms with Crippen molar-refractivity contribution in [3.63, 3.8) is 0 Å². The molecule has 0 radical (unpaired) electrons. The molecule has 0 unspecified atom stereocenters. The van der Waals surface area contributed by atoms with Crippen LogP contribution in [0.3, 0.4) is 0 Å². The van der Waals surface area contributed by atoms with Gasteiger partial charge in [0.05, 0.1) is 11.0 Å². The number of fused-ring (bicyclic) bond motifs is 1. The second kappa shape index (κ2) is 7.44. The van der Waals surface area contributed by atoms with Gasteiger partial charge in [-0.3, -0.25) is 0 Å². The molecule has 0 bridgehead atoms. The Morgan fingerprint density at radius 1 is 1.22 bits per heavy atom. The second-order valence-corrected chi connectivity index (χ2v) is 6.08. The number of benzene rings is 1. The summed E-state index contributed by atoms with van der Waals surface area (Å²) in [5.74, 6) is 0.483. The summed E-state index contributed by atoms with van der Waals surface area (Å²) < 4.78 is 13.2. The van der Waals surface area contributed by atoms with Gasteiger partial charge in [0.1, 0.15) is 11.6 Å². The molecule has 124 valence electrons. The summed E-state index contributed by atoms with van der Waals surface area (Å²) in [5.41, 5.74) is 1.44. The summed E-state index contributed by atoms with van der Waals surface area (Å²) in [6.45, 7) is 2.21. The minimum Gasteiger partial charge on any atom is -0.342 e. The predicted octanol–water partition coefficient (Wildman–Crippen LogP) is 3.22. The summed E-state index contributed by atoms with van der Waals surface area (Å²) in [4.78, 5) is 21.6. The van der Waals surface area contributed by atoms with Crippen LogP contribution in [-0.4, -0.2) is 40.5 Å². The Hall–Kier alpha value is -2.11. The van der Waals surface area contributed by atoms with Crippen LogP contribution in [0.15, 0.2) is 18.2 Å². The highest BCUT2D eigenvalue weighted by molar-refractivity contribution is 5.75. The first-order valence-electron chi connectivity index (χ1n) is 8.39. The molecular weight excluding hydrogens is 295 g/mol. The van der Waals surface area contributed by atoms with E-state index in [9.17, 15) is 9.18 Å². The van der Waals surface area contributed by atoms with E-state index in [0.717, 1.165) is 37.3 Å². The van der Waals surface area contributed by atoms with E-state index in [4.69, 9.17) is 0 Å². The minimum atomic E-state index is -0.280. The van der Waals surface area contributed by atoms with Gasteiger partial charge >= 0.3 is 6.03 Å². The minimum absolute atomic E-state index is 0.00838. The Morgan fingerprint density at radius 3 is 2.74 bits per heavy atom. The monoisotopic (exact) mass is 318 g/mol. The summed E-state index contributed by atoms with van der Waals surface area (Å²) in [5, 5.41) is 2.96. The van der Waals surface area contributed by atoms with Crippen LogP contribution in [0.1, 0.15) is 37.9 Å². The maximum absolute atomic E-state index is 13.2.